The van der Waals surface area contributed by atoms with Gasteiger partial charge >= 0.3 is 0 Å². The smallest absolute Gasteiger partial charge is 0.124 e. The summed E-state index contributed by atoms with van der Waals surface area (Å²) in [4.78, 5) is 0. The molecule has 1 aliphatic heterocycles. The van der Waals surface area contributed by atoms with Crippen LogP contribution in [0.5, 0.6) is 5.75 Å². The van der Waals surface area contributed by atoms with E-state index in [1.807, 2.05) is 0 Å². The van der Waals surface area contributed by atoms with Crippen LogP contribution in [0.4, 0.5) is 0 Å². The molecule has 0 spiro atoms. The van der Waals surface area contributed by atoms with Crippen LogP contribution in [0.1, 0.15) is 58.2 Å². The predicted molar refractivity (Wildman–Crippen MR) is 76.3 cm³/mol. The summed E-state index contributed by atoms with van der Waals surface area (Å²) in [5, 5.41) is 3.56. The van der Waals surface area contributed by atoms with Gasteiger partial charge in [-0.15, -0.1) is 0 Å². The lowest BCUT2D eigenvalue weighted by atomic mass is 9.85. The molecular formula is C16H25NO. The van der Waals surface area contributed by atoms with Gasteiger partial charge in [-0.3, -0.25) is 0 Å². The van der Waals surface area contributed by atoms with Crippen molar-refractivity contribution in [3.05, 3.63) is 29.3 Å². The lowest BCUT2D eigenvalue weighted by Gasteiger charge is -2.21. The Kier molecular flexibility index (Phi) is 3.67. The van der Waals surface area contributed by atoms with Crippen LogP contribution < -0.4 is 10.1 Å². The molecule has 2 nitrogen and oxygen atoms in total. The van der Waals surface area contributed by atoms with Crippen molar-refractivity contribution in [2.75, 3.05) is 6.54 Å². The van der Waals surface area contributed by atoms with Crippen molar-refractivity contribution in [1.82, 2.24) is 5.32 Å². The second-order valence-corrected chi connectivity index (χ2v) is 6.10. The molecule has 0 bridgehead atoms. The van der Waals surface area contributed by atoms with E-state index in [0.29, 0.717) is 6.04 Å². The van der Waals surface area contributed by atoms with Crippen LogP contribution in [0.2, 0.25) is 0 Å². The maximum absolute atomic E-state index is 6.03. The Balaban J connectivity index is 2.38. The number of hydrogen-bond donors (Lipinski definition) is 1. The predicted octanol–water partition coefficient (Wildman–Crippen LogP) is 3.81. The second-order valence-electron chi connectivity index (χ2n) is 6.10. The van der Waals surface area contributed by atoms with E-state index in [-0.39, 0.29) is 11.5 Å². The van der Waals surface area contributed by atoms with E-state index in [1.165, 1.54) is 11.1 Å². The zero-order valence-corrected chi connectivity index (χ0v) is 12.2. The van der Waals surface area contributed by atoms with Crippen LogP contribution >= 0.6 is 0 Å². The first kappa shape index (κ1) is 13.4. The summed E-state index contributed by atoms with van der Waals surface area (Å²) in [5.74, 6) is 1.06. The van der Waals surface area contributed by atoms with Crippen molar-refractivity contribution < 1.29 is 4.74 Å². The third kappa shape index (κ3) is 2.39. The molecule has 0 saturated carbocycles. The van der Waals surface area contributed by atoms with E-state index in [9.17, 15) is 0 Å². The highest BCUT2D eigenvalue weighted by Crippen LogP contribution is 2.40. The molecule has 2 rings (SSSR count). The minimum Gasteiger partial charge on any atom is -0.488 e. The first-order valence-electron chi connectivity index (χ1n) is 7.01. The standard InChI is InChI=1S/C16H25NO/c1-6-13-15(17-7-2)12-10-11(16(3,4)5)8-9-14(12)18-13/h8-10,13,15,17H,6-7H2,1-5H3. The van der Waals surface area contributed by atoms with Gasteiger partial charge in [0.15, 0.2) is 0 Å². The number of benzene rings is 1. The summed E-state index contributed by atoms with van der Waals surface area (Å²) in [6.45, 7) is 12.1. The Morgan fingerprint density at radius 3 is 2.50 bits per heavy atom. The Labute approximate surface area is 111 Å². The fourth-order valence-corrected chi connectivity index (χ4v) is 2.58. The number of rotatable bonds is 3. The van der Waals surface area contributed by atoms with Gasteiger partial charge in [0, 0.05) is 5.56 Å². The van der Waals surface area contributed by atoms with E-state index < -0.39 is 0 Å². The van der Waals surface area contributed by atoms with Crippen molar-refractivity contribution in [3.63, 3.8) is 0 Å². The third-order valence-corrected chi connectivity index (χ3v) is 3.69. The molecule has 100 valence electrons. The molecule has 1 aliphatic rings. The average Bonchev–Trinajstić information content (AvgIpc) is 2.66. The molecule has 2 heteroatoms. The Morgan fingerprint density at radius 2 is 1.94 bits per heavy atom. The first-order valence-corrected chi connectivity index (χ1v) is 7.01. The highest BCUT2D eigenvalue weighted by atomic mass is 16.5. The summed E-state index contributed by atoms with van der Waals surface area (Å²) >= 11 is 0. The highest BCUT2D eigenvalue weighted by molar-refractivity contribution is 5.45. The van der Waals surface area contributed by atoms with E-state index >= 15 is 0 Å². The van der Waals surface area contributed by atoms with Crippen LogP contribution in [0.25, 0.3) is 0 Å². The molecule has 0 fully saturated rings. The Morgan fingerprint density at radius 1 is 1.22 bits per heavy atom. The van der Waals surface area contributed by atoms with Gasteiger partial charge in [0.25, 0.3) is 0 Å². The van der Waals surface area contributed by atoms with Gasteiger partial charge in [-0.25, -0.2) is 0 Å². The minimum absolute atomic E-state index is 0.191. The van der Waals surface area contributed by atoms with Crippen LogP contribution in [-0.4, -0.2) is 12.6 Å². The van der Waals surface area contributed by atoms with E-state index in [4.69, 9.17) is 4.74 Å². The normalized spacial score (nSPS) is 22.7. The quantitative estimate of drug-likeness (QED) is 0.877. The molecule has 1 heterocycles. The SMILES string of the molecule is CCNC1c2cc(C(C)(C)C)ccc2OC1CC. The molecular weight excluding hydrogens is 222 g/mol. The van der Waals surface area contributed by atoms with E-state index in [0.717, 1.165) is 18.7 Å². The summed E-state index contributed by atoms with van der Waals surface area (Å²) in [5.41, 5.74) is 2.90. The van der Waals surface area contributed by atoms with Gasteiger partial charge in [0.2, 0.25) is 0 Å². The highest BCUT2D eigenvalue weighted by Gasteiger charge is 2.33. The minimum atomic E-state index is 0.191. The van der Waals surface area contributed by atoms with E-state index in [2.05, 4.69) is 58.1 Å². The molecule has 0 aliphatic carbocycles. The number of likely N-dealkylation sites (N-methyl/N-ethyl adjacent to an activating group) is 1. The molecule has 18 heavy (non-hydrogen) atoms. The topological polar surface area (TPSA) is 21.3 Å². The maximum atomic E-state index is 6.03. The molecule has 1 aromatic rings. The number of nitrogens with one attached hydrogen (secondary N) is 1. The lowest BCUT2D eigenvalue weighted by Crippen LogP contribution is -2.30. The summed E-state index contributed by atoms with van der Waals surface area (Å²) < 4.78 is 6.03. The fourth-order valence-electron chi connectivity index (χ4n) is 2.58. The summed E-state index contributed by atoms with van der Waals surface area (Å²) in [6.07, 6.45) is 1.31. The molecule has 0 radical (unpaired) electrons. The molecule has 2 atom stereocenters. The van der Waals surface area contributed by atoms with Crippen LogP contribution in [-0.2, 0) is 5.41 Å². The molecule has 1 N–H and O–H groups in total. The van der Waals surface area contributed by atoms with Crippen molar-refractivity contribution in [3.8, 4) is 5.75 Å². The van der Waals surface area contributed by atoms with Crippen molar-refractivity contribution in [2.45, 2.75) is 58.6 Å². The molecule has 0 aromatic heterocycles. The van der Waals surface area contributed by atoms with Gasteiger partial charge < -0.3 is 10.1 Å². The second kappa shape index (κ2) is 4.93. The molecule has 2 unspecified atom stereocenters. The van der Waals surface area contributed by atoms with Crippen LogP contribution in [0.3, 0.4) is 0 Å². The molecule has 1 aromatic carbocycles. The summed E-state index contributed by atoms with van der Waals surface area (Å²) in [7, 11) is 0. The monoisotopic (exact) mass is 247 g/mol. The van der Waals surface area contributed by atoms with Crippen LogP contribution in [0.15, 0.2) is 18.2 Å². The number of ether oxygens (including phenoxy) is 1. The van der Waals surface area contributed by atoms with Crippen molar-refractivity contribution in [2.24, 2.45) is 0 Å². The Hall–Kier alpha value is -1.02. The van der Waals surface area contributed by atoms with Gasteiger partial charge in [-0.1, -0.05) is 40.7 Å². The molecule has 0 amide bonds. The van der Waals surface area contributed by atoms with Gasteiger partial charge in [-0.2, -0.15) is 0 Å². The third-order valence-electron chi connectivity index (χ3n) is 3.69. The largest absolute Gasteiger partial charge is 0.488 e. The van der Waals surface area contributed by atoms with Crippen molar-refractivity contribution >= 4 is 0 Å². The molecule has 0 saturated heterocycles. The number of hydrogen-bond acceptors (Lipinski definition) is 2. The number of fused-ring (bicyclic) bond motifs is 1. The lowest BCUT2D eigenvalue weighted by molar-refractivity contribution is 0.186. The van der Waals surface area contributed by atoms with Gasteiger partial charge in [0.1, 0.15) is 11.9 Å². The van der Waals surface area contributed by atoms with Gasteiger partial charge in [-0.05, 0) is 36.1 Å². The average molecular weight is 247 g/mol. The zero-order chi connectivity index (χ0) is 13.3. The van der Waals surface area contributed by atoms with Crippen molar-refractivity contribution in [1.29, 1.82) is 0 Å². The first-order chi connectivity index (χ1) is 8.47. The fraction of sp³-hybridized carbons (Fsp3) is 0.625. The van der Waals surface area contributed by atoms with Crippen LogP contribution in [0, 0.1) is 0 Å². The van der Waals surface area contributed by atoms with Gasteiger partial charge in [0.05, 0.1) is 6.04 Å². The van der Waals surface area contributed by atoms with E-state index in [1.54, 1.807) is 0 Å². The summed E-state index contributed by atoms with van der Waals surface area (Å²) in [6, 6.07) is 6.99. The Bertz CT molecular complexity index is 420. The maximum Gasteiger partial charge on any atom is 0.124 e. The zero-order valence-electron chi connectivity index (χ0n) is 12.2.